The summed E-state index contributed by atoms with van der Waals surface area (Å²) in [7, 11) is 0. The minimum Gasteiger partial charge on any atom is -0.462 e. The second kappa shape index (κ2) is 6.80. The maximum absolute atomic E-state index is 11.5. The van der Waals surface area contributed by atoms with Gasteiger partial charge in [-0.3, -0.25) is 4.79 Å². The van der Waals surface area contributed by atoms with Gasteiger partial charge >= 0.3 is 5.97 Å². The Bertz CT molecular complexity index is 428. The molecule has 6 heteroatoms. The summed E-state index contributed by atoms with van der Waals surface area (Å²) in [4.78, 5) is 29.3. The summed E-state index contributed by atoms with van der Waals surface area (Å²) in [6.45, 7) is 4.71. The molecule has 1 heterocycles. The lowest BCUT2D eigenvalue weighted by molar-refractivity contribution is 0.0523. The number of aromatic nitrogens is 2. The van der Waals surface area contributed by atoms with Gasteiger partial charge in [0.1, 0.15) is 18.0 Å². The SMILES string of the molecule is CCCOCc1ncc(C(=O)OCC)c(=O)[nH]1. The summed E-state index contributed by atoms with van der Waals surface area (Å²) >= 11 is 0. The molecule has 0 saturated carbocycles. The zero-order chi connectivity index (χ0) is 12.7. The molecule has 0 atom stereocenters. The Morgan fingerprint density at radius 1 is 1.47 bits per heavy atom. The number of nitrogens with zero attached hydrogens (tertiary/aromatic N) is 1. The average molecular weight is 240 g/mol. The van der Waals surface area contributed by atoms with Gasteiger partial charge in [-0.25, -0.2) is 9.78 Å². The first kappa shape index (κ1) is 13.4. The van der Waals surface area contributed by atoms with Gasteiger partial charge in [0.15, 0.2) is 0 Å². The lowest BCUT2D eigenvalue weighted by atomic mass is 10.3. The Morgan fingerprint density at radius 2 is 2.24 bits per heavy atom. The molecule has 0 aliphatic rings. The molecule has 0 aliphatic heterocycles. The molecule has 0 bridgehead atoms. The van der Waals surface area contributed by atoms with Crippen molar-refractivity contribution < 1.29 is 14.3 Å². The average Bonchev–Trinajstić information content (AvgIpc) is 2.29. The van der Waals surface area contributed by atoms with E-state index in [4.69, 9.17) is 9.47 Å². The monoisotopic (exact) mass is 240 g/mol. The fourth-order valence-corrected chi connectivity index (χ4v) is 1.17. The van der Waals surface area contributed by atoms with Crippen LogP contribution < -0.4 is 5.56 Å². The standard InChI is InChI=1S/C11H16N2O4/c1-3-5-16-7-9-12-6-8(10(14)13-9)11(15)17-4-2/h6H,3-5,7H2,1-2H3,(H,12,13,14). The van der Waals surface area contributed by atoms with Gasteiger partial charge in [-0.15, -0.1) is 0 Å². The van der Waals surface area contributed by atoms with Gasteiger partial charge in [-0.2, -0.15) is 0 Å². The van der Waals surface area contributed by atoms with Gasteiger partial charge in [-0.05, 0) is 13.3 Å². The highest BCUT2D eigenvalue weighted by atomic mass is 16.5. The molecule has 94 valence electrons. The van der Waals surface area contributed by atoms with Crippen LogP contribution in [-0.4, -0.2) is 29.2 Å². The number of hydrogen-bond donors (Lipinski definition) is 1. The van der Waals surface area contributed by atoms with Crippen LogP contribution in [0.1, 0.15) is 36.5 Å². The molecule has 0 aromatic carbocycles. The number of hydrogen-bond acceptors (Lipinski definition) is 5. The van der Waals surface area contributed by atoms with E-state index >= 15 is 0 Å². The van der Waals surface area contributed by atoms with Gasteiger partial charge in [0.2, 0.25) is 0 Å². The van der Waals surface area contributed by atoms with Crippen LogP contribution in [0.4, 0.5) is 0 Å². The molecule has 0 amide bonds. The molecule has 1 aromatic rings. The number of nitrogens with one attached hydrogen (secondary N) is 1. The Kier molecular flexibility index (Phi) is 5.35. The molecule has 1 N–H and O–H groups in total. The highest BCUT2D eigenvalue weighted by Crippen LogP contribution is 1.96. The van der Waals surface area contributed by atoms with E-state index in [1.54, 1.807) is 6.92 Å². The Balaban J connectivity index is 2.72. The summed E-state index contributed by atoms with van der Waals surface area (Å²) in [5, 5.41) is 0. The van der Waals surface area contributed by atoms with Crippen LogP contribution >= 0.6 is 0 Å². The molecule has 0 unspecified atom stereocenters. The zero-order valence-electron chi connectivity index (χ0n) is 9.99. The van der Waals surface area contributed by atoms with E-state index in [-0.39, 0.29) is 18.8 Å². The number of carbonyl (C=O) groups excluding carboxylic acids is 1. The predicted molar refractivity (Wildman–Crippen MR) is 60.8 cm³/mol. The van der Waals surface area contributed by atoms with Crippen LogP contribution in [0.5, 0.6) is 0 Å². The molecule has 17 heavy (non-hydrogen) atoms. The van der Waals surface area contributed by atoms with Crippen LogP contribution in [0.2, 0.25) is 0 Å². The molecule has 0 saturated heterocycles. The van der Waals surface area contributed by atoms with Crippen LogP contribution in [0, 0.1) is 0 Å². The Hall–Kier alpha value is -1.69. The van der Waals surface area contributed by atoms with E-state index in [2.05, 4.69) is 9.97 Å². The fourth-order valence-electron chi connectivity index (χ4n) is 1.17. The van der Waals surface area contributed by atoms with E-state index < -0.39 is 11.5 Å². The summed E-state index contributed by atoms with van der Waals surface area (Å²) in [5.41, 5.74) is -0.598. The maximum atomic E-state index is 11.5. The number of ether oxygens (including phenoxy) is 2. The molecular formula is C11H16N2O4. The number of aromatic amines is 1. The molecule has 0 fully saturated rings. The van der Waals surface area contributed by atoms with Crippen LogP contribution in [-0.2, 0) is 16.1 Å². The van der Waals surface area contributed by atoms with Gasteiger partial charge in [-0.1, -0.05) is 6.92 Å². The topological polar surface area (TPSA) is 81.3 Å². The fraction of sp³-hybridized carbons (Fsp3) is 0.545. The summed E-state index contributed by atoms with van der Waals surface area (Å²) in [6.07, 6.45) is 2.10. The van der Waals surface area contributed by atoms with E-state index in [1.807, 2.05) is 6.92 Å². The Morgan fingerprint density at radius 3 is 2.82 bits per heavy atom. The molecule has 0 radical (unpaired) electrons. The van der Waals surface area contributed by atoms with E-state index in [1.165, 1.54) is 6.20 Å². The molecule has 1 aromatic heterocycles. The van der Waals surface area contributed by atoms with Crippen molar-refractivity contribution >= 4 is 5.97 Å². The van der Waals surface area contributed by atoms with Gasteiger partial charge < -0.3 is 14.5 Å². The lowest BCUT2D eigenvalue weighted by Crippen LogP contribution is -2.22. The zero-order valence-corrected chi connectivity index (χ0v) is 9.99. The van der Waals surface area contributed by atoms with Crippen molar-refractivity contribution in [3.8, 4) is 0 Å². The highest BCUT2D eigenvalue weighted by Gasteiger charge is 2.12. The summed E-state index contributed by atoms with van der Waals surface area (Å²) in [5.74, 6) is -0.265. The lowest BCUT2D eigenvalue weighted by Gasteiger charge is -2.03. The van der Waals surface area contributed by atoms with Gasteiger partial charge in [0, 0.05) is 12.8 Å². The van der Waals surface area contributed by atoms with Crippen LogP contribution in [0.25, 0.3) is 0 Å². The van der Waals surface area contributed by atoms with Crippen molar-refractivity contribution in [1.82, 2.24) is 9.97 Å². The van der Waals surface area contributed by atoms with Crippen LogP contribution in [0.3, 0.4) is 0 Å². The van der Waals surface area contributed by atoms with E-state index in [0.29, 0.717) is 12.4 Å². The minimum atomic E-state index is -0.665. The van der Waals surface area contributed by atoms with Crippen LogP contribution in [0.15, 0.2) is 11.0 Å². The first-order valence-corrected chi connectivity index (χ1v) is 5.52. The normalized spacial score (nSPS) is 10.2. The van der Waals surface area contributed by atoms with E-state index in [9.17, 15) is 9.59 Å². The molecule has 1 rings (SSSR count). The minimum absolute atomic E-state index is 0.0916. The predicted octanol–water partition coefficient (Wildman–Crippen LogP) is 0.873. The molecular weight excluding hydrogens is 224 g/mol. The van der Waals surface area contributed by atoms with Gasteiger partial charge in [0.25, 0.3) is 5.56 Å². The number of rotatable bonds is 6. The summed E-state index contributed by atoms with van der Waals surface area (Å²) < 4.78 is 9.94. The van der Waals surface area contributed by atoms with Crippen molar-refractivity contribution in [3.63, 3.8) is 0 Å². The third kappa shape index (κ3) is 3.99. The smallest absolute Gasteiger partial charge is 0.345 e. The van der Waals surface area contributed by atoms with Crippen molar-refractivity contribution in [1.29, 1.82) is 0 Å². The van der Waals surface area contributed by atoms with Gasteiger partial charge in [0.05, 0.1) is 6.61 Å². The second-order valence-electron chi connectivity index (χ2n) is 3.35. The first-order valence-electron chi connectivity index (χ1n) is 5.52. The second-order valence-corrected chi connectivity index (χ2v) is 3.35. The molecule has 0 aliphatic carbocycles. The quantitative estimate of drug-likeness (QED) is 0.589. The molecule has 0 spiro atoms. The van der Waals surface area contributed by atoms with Crippen molar-refractivity contribution in [2.24, 2.45) is 0 Å². The van der Waals surface area contributed by atoms with Crippen molar-refractivity contribution in [3.05, 3.63) is 27.9 Å². The maximum Gasteiger partial charge on any atom is 0.345 e. The highest BCUT2D eigenvalue weighted by molar-refractivity contribution is 5.88. The van der Waals surface area contributed by atoms with Crippen molar-refractivity contribution in [2.45, 2.75) is 26.9 Å². The number of esters is 1. The summed E-state index contributed by atoms with van der Waals surface area (Å²) in [6, 6.07) is 0. The molecule has 6 nitrogen and oxygen atoms in total. The van der Waals surface area contributed by atoms with Crippen molar-refractivity contribution in [2.75, 3.05) is 13.2 Å². The van der Waals surface area contributed by atoms with E-state index in [0.717, 1.165) is 6.42 Å². The third-order valence-corrected chi connectivity index (χ3v) is 1.93. The number of carbonyl (C=O) groups is 1. The third-order valence-electron chi connectivity index (χ3n) is 1.93. The first-order chi connectivity index (χ1) is 8.19. The number of H-pyrrole nitrogens is 1. The Labute approximate surface area is 99.0 Å². The largest absolute Gasteiger partial charge is 0.462 e.